The number of carbonyl (C=O) groups is 1. The van der Waals surface area contributed by atoms with Crippen molar-refractivity contribution in [3.8, 4) is 0 Å². The van der Waals surface area contributed by atoms with E-state index in [1.165, 1.54) is 10.9 Å². The maximum absolute atomic E-state index is 11.2. The fraction of sp³-hybridized carbons (Fsp3) is 0.409. The quantitative estimate of drug-likeness (QED) is 0.377. The third-order valence-electron chi connectivity index (χ3n) is 3.52. The van der Waals surface area contributed by atoms with Gasteiger partial charge in [0.25, 0.3) is 0 Å². The molecule has 2 aromatic carbocycles. The topological polar surface area (TPSA) is 35.5 Å². The maximum Gasteiger partial charge on any atom is 0.159 e. The zero-order chi connectivity index (χ0) is 19.2. The highest BCUT2D eigenvalue weighted by molar-refractivity contribution is 5.98. The molecular formula is C22H32O3. The first kappa shape index (κ1) is 23.0. The van der Waals surface area contributed by atoms with Crippen molar-refractivity contribution in [2.24, 2.45) is 0 Å². The molecule has 0 saturated carbocycles. The summed E-state index contributed by atoms with van der Waals surface area (Å²) in [6.45, 7) is 17.0. The molecule has 0 unspecified atom stereocenters. The fourth-order valence-corrected chi connectivity index (χ4v) is 2.25. The lowest BCUT2D eigenvalue weighted by atomic mass is 10.0. The van der Waals surface area contributed by atoms with Gasteiger partial charge < -0.3 is 9.47 Å². The van der Waals surface area contributed by atoms with E-state index in [9.17, 15) is 4.79 Å². The van der Waals surface area contributed by atoms with Crippen molar-refractivity contribution in [2.45, 2.75) is 47.3 Å². The van der Waals surface area contributed by atoms with Crippen LogP contribution in [-0.4, -0.2) is 25.3 Å². The van der Waals surface area contributed by atoms with E-state index in [4.69, 9.17) is 9.47 Å². The molecule has 3 nitrogen and oxygen atoms in total. The minimum absolute atomic E-state index is 0.0370. The molecule has 25 heavy (non-hydrogen) atoms. The first-order chi connectivity index (χ1) is 12.0. The average molecular weight is 344 g/mol. The molecule has 0 saturated heterocycles. The van der Waals surface area contributed by atoms with Gasteiger partial charge in [0.05, 0.1) is 0 Å². The van der Waals surface area contributed by atoms with Crippen molar-refractivity contribution >= 4 is 16.6 Å². The highest BCUT2D eigenvalue weighted by Crippen LogP contribution is 2.18. The van der Waals surface area contributed by atoms with E-state index >= 15 is 0 Å². The summed E-state index contributed by atoms with van der Waals surface area (Å²) >= 11 is 0. The number of benzene rings is 2. The summed E-state index contributed by atoms with van der Waals surface area (Å²) in [6.07, 6.45) is 1.01. The van der Waals surface area contributed by atoms with Crippen LogP contribution in [0.15, 0.2) is 49.6 Å². The third kappa shape index (κ3) is 8.62. The monoisotopic (exact) mass is 344 g/mol. The van der Waals surface area contributed by atoms with Gasteiger partial charge in [-0.1, -0.05) is 37.3 Å². The van der Waals surface area contributed by atoms with Crippen LogP contribution < -0.4 is 0 Å². The zero-order valence-electron chi connectivity index (χ0n) is 16.3. The molecule has 0 N–H and O–H groups in total. The molecule has 0 spiro atoms. The number of Topliss-reactive ketones (excluding diaryl/α,β-unsaturated/α-hetero) is 1. The van der Waals surface area contributed by atoms with Gasteiger partial charge in [0, 0.05) is 18.8 Å². The minimum Gasteiger partial charge on any atom is -0.353 e. The molecule has 0 radical (unpaired) electrons. The molecule has 0 aromatic heterocycles. The molecule has 0 atom stereocenters. The highest BCUT2D eigenvalue weighted by atomic mass is 16.7. The van der Waals surface area contributed by atoms with Gasteiger partial charge in [-0.3, -0.25) is 4.79 Å². The Bertz CT molecular complexity index is 628. The zero-order valence-corrected chi connectivity index (χ0v) is 16.3. The number of fused-ring (bicyclic) bond motifs is 1. The molecular weight excluding hydrogens is 312 g/mol. The second-order valence-electron chi connectivity index (χ2n) is 5.28. The molecule has 0 bridgehead atoms. The van der Waals surface area contributed by atoms with Gasteiger partial charge >= 0.3 is 0 Å². The normalized spacial score (nSPS) is 9.84. The molecule has 0 amide bonds. The van der Waals surface area contributed by atoms with Crippen molar-refractivity contribution in [1.29, 1.82) is 0 Å². The van der Waals surface area contributed by atoms with Gasteiger partial charge in [-0.2, -0.15) is 0 Å². The maximum atomic E-state index is 11.2. The number of rotatable bonds is 6. The smallest absolute Gasteiger partial charge is 0.159 e. The predicted molar refractivity (Wildman–Crippen MR) is 107 cm³/mol. The SMILES string of the molecule is C=C.CCOC(C)OCC.CCc1ccc2cc(C(C)=O)ccc2c1. The van der Waals surface area contributed by atoms with E-state index in [0.717, 1.165) is 30.6 Å². The standard InChI is InChI=1S/C14H14O.C6H14O2.C2H4/c1-3-11-4-5-14-9-12(10(2)15)6-7-13(14)8-11;1-4-7-6(3)8-5-2;1-2/h4-9H,3H2,1-2H3;6H,4-5H2,1-3H3;1-2H2. The second kappa shape index (κ2) is 13.3. The van der Waals surface area contributed by atoms with Crippen LogP contribution in [0.25, 0.3) is 10.8 Å². The lowest BCUT2D eigenvalue weighted by molar-refractivity contribution is -0.123. The van der Waals surface area contributed by atoms with Crippen molar-refractivity contribution in [2.75, 3.05) is 13.2 Å². The minimum atomic E-state index is -0.0370. The largest absolute Gasteiger partial charge is 0.353 e. The molecule has 2 rings (SSSR count). The van der Waals surface area contributed by atoms with Gasteiger partial charge in [0.15, 0.2) is 12.1 Å². The lowest BCUT2D eigenvalue weighted by Gasteiger charge is -2.09. The molecule has 0 aliphatic rings. The number of aryl methyl sites for hydroxylation is 1. The highest BCUT2D eigenvalue weighted by Gasteiger charge is 2.01. The Morgan fingerprint density at radius 3 is 1.96 bits per heavy atom. The number of ketones is 1. The Morgan fingerprint density at radius 2 is 1.48 bits per heavy atom. The van der Waals surface area contributed by atoms with Crippen LogP contribution in [0, 0.1) is 0 Å². The first-order valence-corrected chi connectivity index (χ1v) is 8.78. The van der Waals surface area contributed by atoms with Gasteiger partial charge in [0.2, 0.25) is 0 Å². The summed E-state index contributed by atoms with van der Waals surface area (Å²) in [5.41, 5.74) is 2.12. The van der Waals surface area contributed by atoms with Crippen LogP contribution in [0.5, 0.6) is 0 Å². The van der Waals surface area contributed by atoms with Crippen LogP contribution in [0.1, 0.15) is 50.5 Å². The van der Waals surface area contributed by atoms with E-state index < -0.39 is 0 Å². The summed E-state index contributed by atoms with van der Waals surface area (Å²) in [6, 6.07) is 12.2. The second-order valence-corrected chi connectivity index (χ2v) is 5.28. The van der Waals surface area contributed by atoms with Gasteiger partial charge in [-0.15, -0.1) is 13.2 Å². The van der Waals surface area contributed by atoms with Crippen LogP contribution in [0.2, 0.25) is 0 Å². The molecule has 0 fully saturated rings. The van der Waals surface area contributed by atoms with Crippen LogP contribution >= 0.6 is 0 Å². The predicted octanol–water partition coefficient (Wildman–Crippen LogP) is 5.81. The van der Waals surface area contributed by atoms with Crippen molar-refractivity contribution in [1.82, 2.24) is 0 Å². The Hall–Kier alpha value is -1.97. The van der Waals surface area contributed by atoms with Crippen molar-refractivity contribution in [3.05, 3.63) is 60.7 Å². The summed E-state index contributed by atoms with van der Waals surface area (Å²) < 4.78 is 10.1. The summed E-state index contributed by atoms with van der Waals surface area (Å²) in [5, 5.41) is 2.35. The number of carbonyl (C=O) groups excluding carboxylic acids is 1. The van der Waals surface area contributed by atoms with Gasteiger partial charge in [-0.25, -0.2) is 0 Å². The van der Waals surface area contributed by atoms with E-state index in [1.807, 2.05) is 39.0 Å². The van der Waals surface area contributed by atoms with Gasteiger partial charge in [-0.05, 0) is 56.5 Å². The van der Waals surface area contributed by atoms with E-state index in [1.54, 1.807) is 6.92 Å². The Morgan fingerprint density at radius 1 is 0.960 bits per heavy atom. The van der Waals surface area contributed by atoms with Gasteiger partial charge in [0.1, 0.15) is 0 Å². The summed E-state index contributed by atoms with van der Waals surface area (Å²) in [7, 11) is 0. The first-order valence-electron chi connectivity index (χ1n) is 8.78. The van der Waals surface area contributed by atoms with Crippen molar-refractivity contribution < 1.29 is 14.3 Å². The average Bonchev–Trinajstić information content (AvgIpc) is 2.63. The Labute approximate surface area is 152 Å². The molecule has 3 heteroatoms. The van der Waals surface area contributed by atoms with E-state index in [2.05, 4.69) is 38.3 Å². The lowest BCUT2D eigenvalue weighted by Crippen LogP contribution is -2.11. The molecule has 138 valence electrons. The Balaban J connectivity index is 0.000000493. The van der Waals surface area contributed by atoms with Crippen LogP contribution in [0.3, 0.4) is 0 Å². The molecule has 2 aromatic rings. The number of ether oxygens (including phenoxy) is 2. The summed E-state index contributed by atoms with van der Waals surface area (Å²) in [4.78, 5) is 11.2. The number of hydrogen-bond donors (Lipinski definition) is 0. The molecule has 0 heterocycles. The molecule has 0 aliphatic heterocycles. The third-order valence-corrected chi connectivity index (χ3v) is 3.52. The van der Waals surface area contributed by atoms with E-state index in [-0.39, 0.29) is 12.1 Å². The number of hydrogen-bond acceptors (Lipinski definition) is 3. The van der Waals surface area contributed by atoms with Crippen LogP contribution in [0.4, 0.5) is 0 Å². The molecule has 0 aliphatic carbocycles. The summed E-state index contributed by atoms with van der Waals surface area (Å²) in [5.74, 6) is 0.122. The Kier molecular flexibility index (Phi) is 12.3. The van der Waals surface area contributed by atoms with Crippen LogP contribution in [-0.2, 0) is 15.9 Å². The van der Waals surface area contributed by atoms with E-state index in [0.29, 0.717) is 0 Å². The fourth-order valence-electron chi connectivity index (χ4n) is 2.25. The van der Waals surface area contributed by atoms with Crippen molar-refractivity contribution in [3.63, 3.8) is 0 Å².